The van der Waals surface area contributed by atoms with Gasteiger partial charge in [0.15, 0.2) is 11.6 Å². The normalized spacial score (nSPS) is 18.0. The predicted octanol–water partition coefficient (Wildman–Crippen LogP) is 2.97. The average molecular weight is 306 g/mol. The molecule has 22 heavy (non-hydrogen) atoms. The fourth-order valence-electron chi connectivity index (χ4n) is 2.87. The first-order valence-corrected chi connectivity index (χ1v) is 7.17. The zero-order valence-corrected chi connectivity index (χ0v) is 12.2. The van der Waals surface area contributed by atoms with Crippen LogP contribution in [0, 0.1) is 24.5 Å². The molecule has 2 aromatic rings. The minimum Gasteiger partial charge on any atom is -0.448 e. The van der Waals surface area contributed by atoms with Crippen LogP contribution < -0.4 is 0 Å². The quantitative estimate of drug-likeness (QED) is 0.876. The van der Waals surface area contributed by atoms with Gasteiger partial charge in [-0.05, 0) is 36.5 Å². The lowest BCUT2D eigenvalue weighted by molar-refractivity contribution is 0.0781. The zero-order chi connectivity index (χ0) is 15.7. The maximum Gasteiger partial charge on any atom is 0.275 e. The van der Waals surface area contributed by atoms with Crippen molar-refractivity contribution in [2.75, 3.05) is 13.1 Å². The van der Waals surface area contributed by atoms with Gasteiger partial charge in [0.1, 0.15) is 17.9 Å². The van der Waals surface area contributed by atoms with Gasteiger partial charge >= 0.3 is 0 Å². The molecule has 1 aliphatic heterocycles. The van der Waals surface area contributed by atoms with Crippen molar-refractivity contribution >= 4 is 5.91 Å². The number of benzene rings is 1. The molecule has 2 heterocycles. The van der Waals surface area contributed by atoms with E-state index in [2.05, 4.69) is 4.98 Å². The summed E-state index contributed by atoms with van der Waals surface area (Å²) < 4.78 is 31.5. The standard InChI is InChI=1S/C16H16F2N2O2/c1-10-19-15(9-22-10)16(21)20-3-2-11(8-20)4-12-5-13(17)7-14(18)6-12/h5-7,9,11H,2-4,8H2,1H3. The van der Waals surface area contributed by atoms with Gasteiger partial charge in [-0.25, -0.2) is 13.8 Å². The van der Waals surface area contributed by atoms with Gasteiger partial charge in [0.05, 0.1) is 0 Å². The summed E-state index contributed by atoms with van der Waals surface area (Å²) in [6, 6.07) is 3.55. The van der Waals surface area contributed by atoms with E-state index in [0.717, 1.165) is 12.5 Å². The summed E-state index contributed by atoms with van der Waals surface area (Å²) in [5.41, 5.74) is 0.920. The molecule has 1 unspecified atom stereocenters. The van der Waals surface area contributed by atoms with Crippen LogP contribution in [-0.2, 0) is 6.42 Å². The summed E-state index contributed by atoms with van der Waals surface area (Å²) >= 11 is 0. The van der Waals surface area contributed by atoms with Crippen LogP contribution >= 0.6 is 0 Å². The second-order valence-corrected chi connectivity index (χ2v) is 5.64. The van der Waals surface area contributed by atoms with Crippen LogP contribution in [-0.4, -0.2) is 28.9 Å². The first-order chi connectivity index (χ1) is 10.5. The van der Waals surface area contributed by atoms with Crippen molar-refractivity contribution in [1.82, 2.24) is 9.88 Å². The minimum absolute atomic E-state index is 0.162. The summed E-state index contributed by atoms with van der Waals surface area (Å²) in [6.45, 7) is 2.86. The number of rotatable bonds is 3. The molecule has 116 valence electrons. The van der Waals surface area contributed by atoms with Gasteiger partial charge in [-0.2, -0.15) is 0 Å². The van der Waals surface area contributed by atoms with Crippen LogP contribution in [0.25, 0.3) is 0 Å². The average Bonchev–Trinajstić information content (AvgIpc) is 3.06. The van der Waals surface area contributed by atoms with E-state index in [4.69, 9.17) is 4.42 Å². The molecule has 4 nitrogen and oxygen atoms in total. The van der Waals surface area contributed by atoms with E-state index in [0.29, 0.717) is 36.7 Å². The Balaban J connectivity index is 1.63. The third-order valence-electron chi connectivity index (χ3n) is 3.86. The first-order valence-electron chi connectivity index (χ1n) is 7.17. The molecule has 1 saturated heterocycles. The zero-order valence-electron chi connectivity index (χ0n) is 12.2. The Morgan fingerprint density at radius 1 is 1.36 bits per heavy atom. The van der Waals surface area contributed by atoms with Gasteiger partial charge < -0.3 is 9.32 Å². The third-order valence-corrected chi connectivity index (χ3v) is 3.86. The molecule has 6 heteroatoms. The van der Waals surface area contributed by atoms with Crippen LogP contribution in [0.4, 0.5) is 8.78 Å². The second kappa shape index (κ2) is 5.87. The number of carbonyl (C=O) groups is 1. The maximum absolute atomic E-state index is 13.2. The number of aryl methyl sites for hydroxylation is 1. The monoisotopic (exact) mass is 306 g/mol. The molecule has 0 N–H and O–H groups in total. The van der Waals surface area contributed by atoms with Gasteiger partial charge in [0, 0.05) is 26.1 Å². The largest absolute Gasteiger partial charge is 0.448 e. The molecule has 1 fully saturated rings. The Morgan fingerprint density at radius 2 is 2.09 bits per heavy atom. The van der Waals surface area contributed by atoms with E-state index < -0.39 is 11.6 Å². The van der Waals surface area contributed by atoms with Gasteiger partial charge in [-0.1, -0.05) is 0 Å². The van der Waals surface area contributed by atoms with E-state index >= 15 is 0 Å². The topological polar surface area (TPSA) is 46.3 Å². The highest BCUT2D eigenvalue weighted by Gasteiger charge is 2.28. The van der Waals surface area contributed by atoms with Gasteiger partial charge in [0.25, 0.3) is 5.91 Å². The highest BCUT2D eigenvalue weighted by Crippen LogP contribution is 2.23. The molecule has 1 amide bonds. The lowest BCUT2D eigenvalue weighted by Crippen LogP contribution is -2.29. The van der Waals surface area contributed by atoms with Crippen molar-refractivity contribution in [3.8, 4) is 0 Å². The molecule has 1 aliphatic rings. The number of carbonyl (C=O) groups excluding carboxylic acids is 1. The molecule has 0 spiro atoms. The fourth-order valence-corrected chi connectivity index (χ4v) is 2.87. The number of aromatic nitrogens is 1. The van der Waals surface area contributed by atoms with Gasteiger partial charge in [-0.3, -0.25) is 4.79 Å². The van der Waals surface area contributed by atoms with E-state index in [9.17, 15) is 13.6 Å². The third kappa shape index (κ3) is 3.16. The molecule has 0 radical (unpaired) electrons. The highest BCUT2D eigenvalue weighted by atomic mass is 19.1. The van der Waals surface area contributed by atoms with Gasteiger partial charge in [0.2, 0.25) is 0 Å². The smallest absolute Gasteiger partial charge is 0.275 e. The molecular weight excluding hydrogens is 290 g/mol. The molecule has 0 aliphatic carbocycles. The first kappa shape index (κ1) is 14.7. The van der Waals surface area contributed by atoms with Crippen LogP contribution in [0.1, 0.15) is 28.4 Å². The van der Waals surface area contributed by atoms with E-state index in [1.54, 1.807) is 11.8 Å². The highest BCUT2D eigenvalue weighted by molar-refractivity contribution is 5.92. The molecule has 3 rings (SSSR count). The summed E-state index contributed by atoms with van der Waals surface area (Å²) in [7, 11) is 0. The number of halogens is 2. The number of amides is 1. The summed E-state index contributed by atoms with van der Waals surface area (Å²) in [5, 5.41) is 0. The van der Waals surface area contributed by atoms with Crippen molar-refractivity contribution in [2.24, 2.45) is 5.92 Å². The lowest BCUT2D eigenvalue weighted by atomic mass is 9.98. The van der Waals surface area contributed by atoms with Crippen molar-refractivity contribution < 1.29 is 18.0 Å². The minimum atomic E-state index is -0.570. The Kier molecular flexibility index (Phi) is 3.92. The van der Waals surface area contributed by atoms with E-state index in [1.807, 2.05) is 0 Å². The van der Waals surface area contributed by atoms with Crippen LogP contribution in [0.15, 0.2) is 28.9 Å². The number of oxazole rings is 1. The summed E-state index contributed by atoms with van der Waals surface area (Å²) in [5.74, 6) is -0.657. The Bertz CT molecular complexity index is 679. The van der Waals surface area contributed by atoms with Crippen LogP contribution in [0.5, 0.6) is 0 Å². The second-order valence-electron chi connectivity index (χ2n) is 5.64. The Labute approximate surface area is 126 Å². The van der Waals surface area contributed by atoms with Crippen molar-refractivity contribution in [2.45, 2.75) is 19.8 Å². The molecule has 0 bridgehead atoms. The number of hydrogen-bond donors (Lipinski definition) is 0. The molecule has 1 aromatic carbocycles. The van der Waals surface area contributed by atoms with Crippen molar-refractivity contribution in [1.29, 1.82) is 0 Å². The Hall–Kier alpha value is -2.24. The maximum atomic E-state index is 13.2. The molecule has 0 saturated carbocycles. The summed E-state index contributed by atoms with van der Waals surface area (Å²) in [4.78, 5) is 18.0. The SMILES string of the molecule is Cc1nc(C(=O)N2CCC(Cc3cc(F)cc(F)c3)C2)co1. The summed E-state index contributed by atoms with van der Waals surface area (Å²) in [6.07, 6.45) is 2.71. The van der Waals surface area contributed by atoms with Crippen LogP contribution in [0.3, 0.4) is 0 Å². The molecular formula is C16H16F2N2O2. The van der Waals surface area contributed by atoms with Gasteiger partial charge in [-0.15, -0.1) is 0 Å². The van der Waals surface area contributed by atoms with Crippen LogP contribution in [0.2, 0.25) is 0 Å². The fraction of sp³-hybridized carbons (Fsp3) is 0.375. The molecule has 1 aromatic heterocycles. The number of hydrogen-bond acceptors (Lipinski definition) is 3. The molecule has 1 atom stereocenters. The number of nitrogens with zero attached hydrogens (tertiary/aromatic N) is 2. The Morgan fingerprint density at radius 3 is 2.73 bits per heavy atom. The lowest BCUT2D eigenvalue weighted by Gasteiger charge is -2.15. The van der Waals surface area contributed by atoms with Crippen molar-refractivity contribution in [3.63, 3.8) is 0 Å². The van der Waals surface area contributed by atoms with E-state index in [1.165, 1.54) is 18.4 Å². The number of likely N-dealkylation sites (tertiary alicyclic amines) is 1. The predicted molar refractivity (Wildman–Crippen MR) is 75.3 cm³/mol. The van der Waals surface area contributed by atoms with Crippen molar-refractivity contribution in [3.05, 3.63) is 53.2 Å². The van der Waals surface area contributed by atoms with E-state index in [-0.39, 0.29) is 11.8 Å².